The van der Waals surface area contributed by atoms with Crippen molar-refractivity contribution in [1.82, 2.24) is 15.1 Å². The molecule has 0 saturated carbocycles. The molecule has 5 nitrogen and oxygen atoms in total. The minimum absolute atomic E-state index is 0.0981. The standard InChI is InChI=1S/C14H27N3O2/c1-3-14(4-2)17-8-6-13(16-17)12-15-7-5-10-19-11-9-18/h6,8,14-15,18H,3-5,7,9-12H2,1-2H3. The first-order valence-electron chi connectivity index (χ1n) is 7.25. The lowest BCUT2D eigenvalue weighted by Gasteiger charge is -2.12. The number of aliphatic hydroxyl groups excluding tert-OH is 1. The third kappa shape index (κ3) is 6.18. The fourth-order valence-electron chi connectivity index (χ4n) is 2.02. The van der Waals surface area contributed by atoms with Gasteiger partial charge in [0.2, 0.25) is 0 Å². The minimum Gasteiger partial charge on any atom is -0.394 e. The summed E-state index contributed by atoms with van der Waals surface area (Å²) in [5.74, 6) is 0. The van der Waals surface area contributed by atoms with Crippen LogP contribution in [0.25, 0.3) is 0 Å². The van der Waals surface area contributed by atoms with E-state index < -0.39 is 0 Å². The number of hydrogen-bond acceptors (Lipinski definition) is 4. The predicted molar refractivity (Wildman–Crippen MR) is 76.1 cm³/mol. The monoisotopic (exact) mass is 269 g/mol. The van der Waals surface area contributed by atoms with Crippen LogP contribution in [0.4, 0.5) is 0 Å². The van der Waals surface area contributed by atoms with Gasteiger partial charge < -0.3 is 15.2 Å². The van der Waals surface area contributed by atoms with Gasteiger partial charge in [0, 0.05) is 19.3 Å². The highest BCUT2D eigenvalue weighted by Crippen LogP contribution is 2.14. The van der Waals surface area contributed by atoms with E-state index in [1.54, 1.807) is 0 Å². The topological polar surface area (TPSA) is 59.3 Å². The summed E-state index contributed by atoms with van der Waals surface area (Å²) in [5.41, 5.74) is 1.09. The molecule has 0 aliphatic carbocycles. The number of nitrogens with one attached hydrogen (secondary N) is 1. The molecule has 0 aliphatic heterocycles. The zero-order valence-electron chi connectivity index (χ0n) is 12.1. The molecular weight excluding hydrogens is 242 g/mol. The van der Waals surface area contributed by atoms with Gasteiger partial charge in [0.1, 0.15) is 0 Å². The highest BCUT2D eigenvalue weighted by molar-refractivity contribution is 4.99. The van der Waals surface area contributed by atoms with Gasteiger partial charge in [-0.3, -0.25) is 4.68 Å². The SMILES string of the molecule is CCC(CC)n1ccc(CNCCCOCCO)n1. The average molecular weight is 269 g/mol. The van der Waals surface area contributed by atoms with Crippen LogP contribution in [-0.2, 0) is 11.3 Å². The summed E-state index contributed by atoms with van der Waals surface area (Å²) >= 11 is 0. The van der Waals surface area contributed by atoms with E-state index in [1.807, 2.05) is 0 Å². The van der Waals surface area contributed by atoms with E-state index in [0.29, 0.717) is 19.3 Å². The van der Waals surface area contributed by atoms with E-state index in [4.69, 9.17) is 9.84 Å². The summed E-state index contributed by atoms with van der Waals surface area (Å²) in [4.78, 5) is 0. The summed E-state index contributed by atoms with van der Waals surface area (Å²) in [6.45, 7) is 7.31. The maximum atomic E-state index is 8.55. The molecule has 0 atom stereocenters. The van der Waals surface area contributed by atoms with Gasteiger partial charge in [-0.2, -0.15) is 5.10 Å². The molecule has 1 rings (SSSR count). The molecule has 0 unspecified atom stereocenters. The fraction of sp³-hybridized carbons (Fsp3) is 0.786. The maximum absolute atomic E-state index is 8.55. The Balaban J connectivity index is 2.16. The number of hydrogen-bond donors (Lipinski definition) is 2. The van der Waals surface area contributed by atoms with Gasteiger partial charge >= 0.3 is 0 Å². The van der Waals surface area contributed by atoms with E-state index in [1.165, 1.54) is 0 Å². The molecule has 0 fully saturated rings. The molecular formula is C14H27N3O2. The Kier molecular flexibility index (Phi) is 8.45. The summed E-state index contributed by atoms with van der Waals surface area (Å²) < 4.78 is 7.26. The Bertz CT molecular complexity index is 324. The lowest BCUT2D eigenvalue weighted by molar-refractivity contribution is 0.0907. The molecule has 1 heterocycles. The van der Waals surface area contributed by atoms with Crippen molar-refractivity contribution in [2.24, 2.45) is 0 Å². The highest BCUT2D eigenvalue weighted by Gasteiger charge is 2.07. The Hall–Kier alpha value is -0.910. The van der Waals surface area contributed by atoms with Crippen LogP contribution in [0, 0.1) is 0 Å². The molecule has 2 N–H and O–H groups in total. The third-order valence-electron chi connectivity index (χ3n) is 3.16. The van der Waals surface area contributed by atoms with Crippen LogP contribution in [-0.4, -0.2) is 41.3 Å². The molecule has 0 radical (unpaired) electrons. The average Bonchev–Trinajstić information content (AvgIpc) is 2.88. The van der Waals surface area contributed by atoms with E-state index in [2.05, 4.69) is 41.2 Å². The summed E-state index contributed by atoms with van der Waals surface area (Å²) in [5, 5.41) is 16.5. The number of rotatable bonds is 11. The molecule has 110 valence electrons. The largest absolute Gasteiger partial charge is 0.394 e. The second-order valence-corrected chi connectivity index (χ2v) is 4.62. The first kappa shape index (κ1) is 16.1. The van der Waals surface area contributed by atoms with E-state index in [0.717, 1.165) is 38.0 Å². The Morgan fingerprint density at radius 3 is 2.84 bits per heavy atom. The van der Waals surface area contributed by atoms with Gasteiger partial charge in [-0.05, 0) is 31.9 Å². The van der Waals surface area contributed by atoms with E-state index >= 15 is 0 Å². The van der Waals surface area contributed by atoms with Crippen LogP contribution >= 0.6 is 0 Å². The van der Waals surface area contributed by atoms with Crippen LogP contribution < -0.4 is 5.32 Å². The zero-order chi connectivity index (χ0) is 13.9. The van der Waals surface area contributed by atoms with Crippen molar-refractivity contribution in [2.45, 2.75) is 45.7 Å². The van der Waals surface area contributed by atoms with Gasteiger partial charge in [0.15, 0.2) is 0 Å². The summed E-state index contributed by atoms with van der Waals surface area (Å²) in [6, 6.07) is 2.59. The molecule has 0 saturated heterocycles. The molecule has 1 aromatic rings. The second-order valence-electron chi connectivity index (χ2n) is 4.62. The molecule has 0 spiro atoms. The lowest BCUT2D eigenvalue weighted by atomic mass is 10.2. The van der Waals surface area contributed by atoms with Gasteiger partial charge in [-0.25, -0.2) is 0 Å². The van der Waals surface area contributed by atoms with Crippen LogP contribution in [0.1, 0.15) is 44.8 Å². The number of aromatic nitrogens is 2. The van der Waals surface area contributed by atoms with Crippen molar-refractivity contribution in [3.05, 3.63) is 18.0 Å². The van der Waals surface area contributed by atoms with Gasteiger partial charge in [-0.15, -0.1) is 0 Å². The van der Waals surface area contributed by atoms with Crippen molar-refractivity contribution in [2.75, 3.05) is 26.4 Å². The number of ether oxygens (including phenoxy) is 1. The smallest absolute Gasteiger partial charge is 0.0762 e. The van der Waals surface area contributed by atoms with E-state index in [-0.39, 0.29) is 6.61 Å². The van der Waals surface area contributed by atoms with Crippen molar-refractivity contribution in [1.29, 1.82) is 0 Å². The van der Waals surface area contributed by atoms with Crippen molar-refractivity contribution in [3.63, 3.8) is 0 Å². The number of nitrogens with zero attached hydrogens (tertiary/aromatic N) is 2. The van der Waals surface area contributed by atoms with Gasteiger partial charge in [-0.1, -0.05) is 13.8 Å². The molecule has 19 heavy (non-hydrogen) atoms. The quantitative estimate of drug-likeness (QED) is 0.601. The normalized spacial score (nSPS) is 11.4. The first-order valence-corrected chi connectivity index (χ1v) is 7.25. The zero-order valence-corrected chi connectivity index (χ0v) is 12.1. The molecule has 0 aliphatic rings. The third-order valence-corrected chi connectivity index (χ3v) is 3.16. The summed E-state index contributed by atoms with van der Waals surface area (Å²) in [7, 11) is 0. The van der Waals surface area contributed by atoms with Gasteiger partial charge in [0.25, 0.3) is 0 Å². The first-order chi connectivity index (χ1) is 9.31. The molecule has 0 amide bonds. The Morgan fingerprint density at radius 1 is 1.37 bits per heavy atom. The number of aliphatic hydroxyl groups is 1. The fourth-order valence-corrected chi connectivity index (χ4v) is 2.02. The highest BCUT2D eigenvalue weighted by atomic mass is 16.5. The van der Waals surface area contributed by atoms with Crippen LogP contribution in [0.15, 0.2) is 12.3 Å². The Labute approximate surface area is 116 Å². The molecule has 5 heteroatoms. The van der Waals surface area contributed by atoms with Crippen LogP contribution in [0.5, 0.6) is 0 Å². The maximum Gasteiger partial charge on any atom is 0.0762 e. The van der Waals surface area contributed by atoms with Crippen molar-refractivity contribution >= 4 is 0 Å². The summed E-state index contributed by atoms with van der Waals surface area (Å²) in [6.07, 6.45) is 5.26. The van der Waals surface area contributed by atoms with E-state index in [9.17, 15) is 0 Å². The predicted octanol–water partition coefficient (Wildman–Crippen LogP) is 1.73. The van der Waals surface area contributed by atoms with Crippen molar-refractivity contribution in [3.8, 4) is 0 Å². The molecule has 0 bridgehead atoms. The lowest BCUT2D eigenvalue weighted by Crippen LogP contribution is -2.17. The van der Waals surface area contributed by atoms with Gasteiger partial charge in [0.05, 0.1) is 24.9 Å². The van der Waals surface area contributed by atoms with Crippen molar-refractivity contribution < 1.29 is 9.84 Å². The van der Waals surface area contributed by atoms with Crippen LogP contribution in [0.2, 0.25) is 0 Å². The second kappa shape index (κ2) is 9.95. The molecule has 1 aromatic heterocycles. The van der Waals surface area contributed by atoms with Crippen LogP contribution in [0.3, 0.4) is 0 Å². The minimum atomic E-state index is 0.0981. The Morgan fingerprint density at radius 2 is 2.16 bits per heavy atom. The molecule has 0 aromatic carbocycles.